The van der Waals surface area contributed by atoms with E-state index in [1.807, 2.05) is 12.1 Å². The Labute approximate surface area is 211 Å². The minimum atomic E-state index is -0.448. The zero-order valence-corrected chi connectivity index (χ0v) is 20.8. The van der Waals surface area contributed by atoms with Crippen LogP contribution in [0.2, 0.25) is 0 Å². The normalized spacial score (nSPS) is 10.5. The lowest BCUT2D eigenvalue weighted by Gasteiger charge is -2.21. The third kappa shape index (κ3) is 8.30. The lowest BCUT2D eigenvalue weighted by molar-refractivity contribution is -0.124. The fourth-order valence-corrected chi connectivity index (χ4v) is 3.65. The number of furan rings is 1. The van der Waals surface area contributed by atoms with Crippen molar-refractivity contribution in [3.63, 3.8) is 0 Å². The fourth-order valence-electron chi connectivity index (χ4n) is 3.65. The van der Waals surface area contributed by atoms with Crippen LogP contribution in [0.25, 0.3) is 0 Å². The standard InChI is InChI=1S/C28H33N3O5/c1-3-4-5-7-21-9-11-22(12-10-21)28(34)31(19-25-8-6-17-36-25)20-27(33)29-18-26(32)30-23-13-15-24(35-2)16-14-23/h6,8-17H,3-5,7,18-20H2,1-2H3,(H,29,33)(H,30,32). The highest BCUT2D eigenvalue weighted by Crippen LogP contribution is 2.15. The van der Waals surface area contributed by atoms with Crippen LogP contribution in [0.15, 0.2) is 71.3 Å². The summed E-state index contributed by atoms with van der Waals surface area (Å²) in [5, 5.41) is 5.28. The lowest BCUT2D eigenvalue weighted by Crippen LogP contribution is -2.42. The average molecular weight is 492 g/mol. The monoisotopic (exact) mass is 491 g/mol. The van der Waals surface area contributed by atoms with Crippen LogP contribution in [0.4, 0.5) is 5.69 Å². The van der Waals surface area contributed by atoms with Crippen molar-refractivity contribution in [2.45, 2.75) is 39.2 Å². The van der Waals surface area contributed by atoms with E-state index in [2.05, 4.69) is 17.6 Å². The van der Waals surface area contributed by atoms with Gasteiger partial charge in [0, 0.05) is 11.3 Å². The van der Waals surface area contributed by atoms with Crippen LogP contribution in [0.1, 0.15) is 47.9 Å². The molecule has 0 radical (unpaired) electrons. The van der Waals surface area contributed by atoms with Gasteiger partial charge in [-0.3, -0.25) is 14.4 Å². The van der Waals surface area contributed by atoms with E-state index in [0.29, 0.717) is 22.8 Å². The van der Waals surface area contributed by atoms with Crippen LogP contribution in [0.5, 0.6) is 5.75 Å². The molecule has 3 aromatic rings. The maximum atomic E-state index is 13.2. The van der Waals surface area contributed by atoms with E-state index in [4.69, 9.17) is 9.15 Å². The molecule has 2 aromatic carbocycles. The number of hydrogen-bond acceptors (Lipinski definition) is 5. The first-order valence-corrected chi connectivity index (χ1v) is 12.1. The van der Waals surface area contributed by atoms with Gasteiger partial charge in [-0.05, 0) is 66.9 Å². The number of methoxy groups -OCH3 is 1. The summed E-state index contributed by atoms with van der Waals surface area (Å²) in [4.78, 5) is 39.5. The second-order valence-electron chi connectivity index (χ2n) is 8.45. The molecule has 0 aliphatic rings. The van der Waals surface area contributed by atoms with E-state index >= 15 is 0 Å². The molecule has 1 aromatic heterocycles. The molecule has 2 N–H and O–H groups in total. The summed E-state index contributed by atoms with van der Waals surface area (Å²) in [5.41, 5.74) is 2.26. The zero-order valence-electron chi connectivity index (χ0n) is 20.8. The van der Waals surface area contributed by atoms with Crippen molar-refractivity contribution in [3.05, 3.63) is 83.8 Å². The minimum Gasteiger partial charge on any atom is -0.497 e. The summed E-state index contributed by atoms with van der Waals surface area (Å²) in [6.07, 6.45) is 5.93. The molecule has 0 aliphatic heterocycles. The average Bonchev–Trinajstić information content (AvgIpc) is 3.41. The van der Waals surface area contributed by atoms with E-state index < -0.39 is 5.91 Å². The van der Waals surface area contributed by atoms with Crippen LogP contribution in [0, 0.1) is 0 Å². The van der Waals surface area contributed by atoms with Gasteiger partial charge in [-0.1, -0.05) is 31.9 Å². The van der Waals surface area contributed by atoms with E-state index in [1.54, 1.807) is 55.6 Å². The van der Waals surface area contributed by atoms with Gasteiger partial charge in [0.2, 0.25) is 11.8 Å². The molecule has 8 heteroatoms. The second-order valence-corrected chi connectivity index (χ2v) is 8.45. The van der Waals surface area contributed by atoms with Crippen LogP contribution in [0.3, 0.4) is 0 Å². The number of carbonyl (C=O) groups excluding carboxylic acids is 3. The molecule has 190 valence electrons. The van der Waals surface area contributed by atoms with Gasteiger partial charge in [0.25, 0.3) is 5.91 Å². The summed E-state index contributed by atoms with van der Waals surface area (Å²) in [6.45, 7) is 1.86. The van der Waals surface area contributed by atoms with Gasteiger partial charge < -0.3 is 24.7 Å². The van der Waals surface area contributed by atoms with Crippen molar-refractivity contribution in [2.24, 2.45) is 0 Å². The summed E-state index contributed by atoms with van der Waals surface area (Å²) in [5.74, 6) is 0.120. The van der Waals surface area contributed by atoms with E-state index in [-0.39, 0.29) is 31.4 Å². The molecule has 0 atom stereocenters. The smallest absolute Gasteiger partial charge is 0.254 e. The second kappa shape index (κ2) is 13.7. The quantitative estimate of drug-likeness (QED) is 0.345. The Hall–Kier alpha value is -4.07. The van der Waals surface area contributed by atoms with E-state index in [1.165, 1.54) is 23.1 Å². The number of rotatable bonds is 13. The fraction of sp³-hybridized carbons (Fsp3) is 0.321. The van der Waals surface area contributed by atoms with Crippen molar-refractivity contribution < 1.29 is 23.5 Å². The predicted molar refractivity (Wildman–Crippen MR) is 138 cm³/mol. The lowest BCUT2D eigenvalue weighted by atomic mass is 10.0. The molecule has 0 spiro atoms. The maximum absolute atomic E-state index is 13.2. The molecule has 3 amide bonds. The van der Waals surface area contributed by atoms with Crippen LogP contribution in [-0.4, -0.2) is 42.8 Å². The summed E-state index contributed by atoms with van der Waals surface area (Å²) in [7, 11) is 1.56. The summed E-state index contributed by atoms with van der Waals surface area (Å²) < 4.78 is 10.5. The molecule has 8 nitrogen and oxygen atoms in total. The molecule has 0 fully saturated rings. The molecule has 1 heterocycles. The number of nitrogens with zero attached hydrogens (tertiary/aromatic N) is 1. The molecule has 0 bridgehead atoms. The van der Waals surface area contributed by atoms with Crippen molar-refractivity contribution in [1.29, 1.82) is 0 Å². The Kier molecular flexibility index (Phi) is 10.1. The van der Waals surface area contributed by atoms with Gasteiger partial charge in [-0.15, -0.1) is 0 Å². The Morgan fingerprint density at radius 3 is 2.33 bits per heavy atom. The molecule has 3 rings (SSSR count). The van der Waals surface area contributed by atoms with Crippen molar-refractivity contribution in [3.8, 4) is 5.75 Å². The molecular formula is C28H33N3O5. The van der Waals surface area contributed by atoms with Gasteiger partial charge in [0.15, 0.2) is 0 Å². The molecule has 0 saturated heterocycles. The first-order valence-electron chi connectivity index (χ1n) is 12.1. The Bertz CT molecular complexity index is 1110. The van der Waals surface area contributed by atoms with Crippen LogP contribution >= 0.6 is 0 Å². The van der Waals surface area contributed by atoms with Crippen molar-refractivity contribution in [1.82, 2.24) is 10.2 Å². The number of anilines is 1. The van der Waals surface area contributed by atoms with Gasteiger partial charge in [0.05, 0.1) is 26.5 Å². The van der Waals surface area contributed by atoms with Gasteiger partial charge in [-0.25, -0.2) is 0 Å². The van der Waals surface area contributed by atoms with Gasteiger partial charge in [-0.2, -0.15) is 0 Å². The minimum absolute atomic E-state index is 0.134. The van der Waals surface area contributed by atoms with E-state index in [0.717, 1.165) is 19.3 Å². The molecule has 36 heavy (non-hydrogen) atoms. The Morgan fingerprint density at radius 2 is 1.69 bits per heavy atom. The number of amides is 3. The van der Waals surface area contributed by atoms with Gasteiger partial charge in [0.1, 0.15) is 18.1 Å². The zero-order chi connectivity index (χ0) is 25.8. The third-order valence-electron chi connectivity index (χ3n) is 5.64. The number of carbonyl (C=O) groups is 3. The molecular weight excluding hydrogens is 458 g/mol. The number of hydrogen-bond donors (Lipinski definition) is 2. The molecule has 0 saturated carbocycles. The molecule has 0 unspecified atom stereocenters. The van der Waals surface area contributed by atoms with Gasteiger partial charge >= 0.3 is 0 Å². The van der Waals surface area contributed by atoms with Crippen molar-refractivity contribution in [2.75, 3.05) is 25.5 Å². The predicted octanol–water partition coefficient (Wildman–Crippen LogP) is 4.42. The highest BCUT2D eigenvalue weighted by Gasteiger charge is 2.21. The number of benzene rings is 2. The molecule has 0 aliphatic carbocycles. The highest BCUT2D eigenvalue weighted by atomic mass is 16.5. The van der Waals surface area contributed by atoms with Crippen LogP contribution < -0.4 is 15.4 Å². The van der Waals surface area contributed by atoms with E-state index in [9.17, 15) is 14.4 Å². The maximum Gasteiger partial charge on any atom is 0.254 e. The topological polar surface area (TPSA) is 101 Å². The number of aryl methyl sites for hydroxylation is 1. The largest absolute Gasteiger partial charge is 0.497 e. The third-order valence-corrected chi connectivity index (χ3v) is 5.64. The number of ether oxygens (including phenoxy) is 1. The van der Waals surface area contributed by atoms with Crippen LogP contribution in [-0.2, 0) is 22.6 Å². The Morgan fingerprint density at radius 1 is 0.944 bits per heavy atom. The Balaban J connectivity index is 1.57. The SMILES string of the molecule is CCCCCc1ccc(C(=O)N(CC(=O)NCC(=O)Nc2ccc(OC)cc2)Cc2ccco2)cc1. The summed E-state index contributed by atoms with van der Waals surface area (Å²) in [6, 6.07) is 17.8. The first-order chi connectivity index (χ1) is 17.5. The summed E-state index contributed by atoms with van der Waals surface area (Å²) >= 11 is 0. The number of unbranched alkanes of at least 4 members (excludes halogenated alkanes) is 2. The first kappa shape index (κ1) is 26.5. The highest BCUT2D eigenvalue weighted by molar-refractivity contribution is 5.98. The number of nitrogens with one attached hydrogen (secondary N) is 2. The van der Waals surface area contributed by atoms with Crippen molar-refractivity contribution >= 4 is 23.4 Å².